The number of carboxylic acid groups (broad SMARTS) is 1. The molecule has 0 aliphatic carbocycles. The lowest BCUT2D eigenvalue weighted by molar-refractivity contribution is 0.0694. The highest BCUT2D eigenvalue weighted by Gasteiger charge is 2.26. The Balaban J connectivity index is 2.09. The van der Waals surface area contributed by atoms with Gasteiger partial charge in [0.25, 0.3) is 0 Å². The molecule has 0 amide bonds. The second-order valence-electron chi connectivity index (χ2n) is 7.68. The Kier molecular flexibility index (Phi) is 6.66. The first kappa shape index (κ1) is 21.7. The monoisotopic (exact) mass is 416 g/mol. The van der Waals surface area contributed by atoms with Gasteiger partial charge in [-0.15, -0.1) is 0 Å². The van der Waals surface area contributed by atoms with Crippen LogP contribution >= 0.6 is 0 Å². The lowest BCUT2D eigenvalue weighted by Crippen LogP contribution is -2.41. The van der Waals surface area contributed by atoms with Crippen molar-refractivity contribution in [1.82, 2.24) is 4.68 Å². The summed E-state index contributed by atoms with van der Waals surface area (Å²) in [7, 11) is 3.22. The fourth-order valence-corrected chi connectivity index (χ4v) is 3.60. The average molecular weight is 416 g/mol. The summed E-state index contributed by atoms with van der Waals surface area (Å²) < 4.78 is 18.3. The Morgan fingerprint density at radius 1 is 1.17 bits per heavy atom. The van der Waals surface area contributed by atoms with Crippen LogP contribution in [0.15, 0.2) is 29.2 Å². The van der Waals surface area contributed by atoms with Crippen LogP contribution in [-0.4, -0.2) is 49.7 Å². The Morgan fingerprint density at radius 2 is 1.93 bits per heavy atom. The highest BCUT2D eigenvalue weighted by Crippen LogP contribution is 2.38. The van der Waals surface area contributed by atoms with Crippen LogP contribution in [-0.2, 0) is 11.3 Å². The quantitative estimate of drug-likeness (QED) is 0.629. The minimum atomic E-state index is -1.23. The van der Waals surface area contributed by atoms with Gasteiger partial charge in [0.2, 0.25) is 0 Å². The third-order valence-electron chi connectivity index (χ3n) is 4.91. The van der Waals surface area contributed by atoms with Gasteiger partial charge in [-0.1, -0.05) is 13.8 Å². The highest BCUT2D eigenvalue weighted by atomic mass is 16.5. The number of rotatable bonds is 9. The fraction of sp³-hybridized carbons (Fsp3) is 0.455. The number of ether oxygens (including phenoxy) is 3. The molecular weight excluding hydrogens is 388 g/mol. The molecule has 0 radical (unpaired) electrons. The van der Waals surface area contributed by atoms with Crippen molar-refractivity contribution >= 4 is 5.97 Å². The molecule has 1 N–H and O–H groups in total. The molecular formula is C22H28N2O6. The van der Waals surface area contributed by atoms with Crippen molar-refractivity contribution in [3.63, 3.8) is 0 Å². The van der Waals surface area contributed by atoms with Crippen LogP contribution in [0.2, 0.25) is 0 Å². The van der Waals surface area contributed by atoms with Gasteiger partial charge in [0.15, 0.2) is 16.9 Å². The van der Waals surface area contributed by atoms with Crippen molar-refractivity contribution in [3.05, 3.63) is 45.7 Å². The maximum Gasteiger partial charge on any atom is 0.341 e. The molecule has 0 bridgehead atoms. The standard InChI is InChI=1S/C22H28N2O6/c1-14(2)11-23-12-15-8-21(30-7-5-6-28-3)20(29-4)9-16(15)18-10-19(25)17(22(26)27)13-24(18)23/h8-10,13-14H,5-7,11-12H2,1-4H3,(H,26,27). The minimum Gasteiger partial charge on any atom is -0.493 e. The van der Waals surface area contributed by atoms with Crippen LogP contribution in [0.25, 0.3) is 11.3 Å². The van der Waals surface area contributed by atoms with Gasteiger partial charge in [-0.25, -0.2) is 4.79 Å². The van der Waals surface area contributed by atoms with E-state index in [0.29, 0.717) is 49.4 Å². The van der Waals surface area contributed by atoms with Crippen molar-refractivity contribution < 1.29 is 24.1 Å². The van der Waals surface area contributed by atoms with Gasteiger partial charge in [-0.05, 0) is 23.6 Å². The van der Waals surface area contributed by atoms with Gasteiger partial charge >= 0.3 is 5.97 Å². The van der Waals surface area contributed by atoms with E-state index in [1.165, 1.54) is 12.3 Å². The Labute approximate surface area is 175 Å². The summed E-state index contributed by atoms with van der Waals surface area (Å²) in [5.74, 6) is 0.303. The molecule has 162 valence electrons. The van der Waals surface area contributed by atoms with E-state index in [1.54, 1.807) is 18.9 Å². The van der Waals surface area contributed by atoms with E-state index in [2.05, 4.69) is 13.8 Å². The third kappa shape index (κ3) is 4.43. The normalized spacial score (nSPS) is 12.5. The first-order valence-corrected chi connectivity index (χ1v) is 9.94. The summed E-state index contributed by atoms with van der Waals surface area (Å²) in [5, 5.41) is 11.4. The van der Waals surface area contributed by atoms with Gasteiger partial charge in [0.05, 0.1) is 26.0 Å². The van der Waals surface area contributed by atoms with Crippen molar-refractivity contribution in [2.45, 2.75) is 26.8 Å². The molecule has 1 aliphatic rings. The Hall–Kier alpha value is -3.00. The van der Waals surface area contributed by atoms with Crippen LogP contribution in [0.4, 0.5) is 0 Å². The number of hydrogen-bond donors (Lipinski definition) is 1. The summed E-state index contributed by atoms with van der Waals surface area (Å²) in [5.41, 5.74) is 1.67. The molecule has 0 spiro atoms. The number of carboxylic acids is 1. The van der Waals surface area contributed by atoms with E-state index in [1.807, 2.05) is 17.1 Å². The van der Waals surface area contributed by atoms with Crippen molar-refractivity contribution in [3.8, 4) is 22.8 Å². The molecule has 8 heteroatoms. The zero-order valence-corrected chi connectivity index (χ0v) is 17.8. The van der Waals surface area contributed by atoms with Crippen LogP contribution in [0.1, 0.15) is 36.2 Å². The summed E-state index contributed by atoms with van der Waals surface area (Å²) in [6.45, 7) is 6.54. The number of nitrogens with zero attached hydrogens (tertiary/aromatic N) is 2. The molecule has 8 nitrogen and oxygen atoms in total. The molecule has 30 heavy (non-hydrogen) atoms. The summed E-state index contributed by atoms with van der Waals surface area (Å²) in [6.07, 6.45) is 2.17. The minimum absolute atomic E-state index is 0.249. The number of methoxy groups -OCH3 is 2. The van der Waals surface area contributed by atoms with E-state index in [9.17, 15) is 14.7 Å². The topological polar surface area (TPSA) is 90.2 Å². The van der Waals surface area contributed by atoms with Gasteiger partial charge in [-0.2, -0.15) is 0 Å². The second-order valence-corrected chi connectivity index (χ2v) is 7.68. The maximum atomic E-state index is 12.4. The Bertz CT molecular complexity index is 982. The molecule has 1 aliphatic heterocycles. The number of aromatic carboxylic acids is 1. The molecule has 0 atom stereocenters. The molecule has 2 heterocycles. The van der Waals surface area contributed by atoms with Gasteiger partial charge in [-0.3, -0.25) is 9.47 Å². The molecule has 3 rings (SSSR count). The zero-order chi connectivity index (χ0) is 21.8. The maximum absolute atomic E-state index is 12.4. The molecule has 1 aromatic carbocycles. The van der Waals surface area contributed by atoms with E-state index in [0.717, 1.165) is 17.5 Å². The van der Waals surface area contributed by atoms with Crippen LogP contribution in [0, 0.1) is 5.92 Å². The van der Waals surface area contributed by atoms with E-state index < -0.39 is 11.4 Å². The van der Waals surface area contributed by atoms with E-state index in [-0.39, 0.29) is 5.56 Å². The predicted octanol–water partition coefficient (Wildman–Crippen LogP) is 2.75. The second kappa shape index (κ2) is 9.21. The summed E-state index contributed by atoms with van der Waals surface area (Å²) in [6, 6.07) is 5.17. The number of hydrogen-bond acceptors (Lipinski definition) is 6. The van der Waals surface area contributed by atoms with Crippen LogP contribution < -0.4 is 19.9 Å². The van der Waals surface area contributed by atoms with Gasteiger partial charge in [0, 0.05) is 44.5 Å². The van der Waals surface area contributed by atoms with Gasteiger partial charge < -0.3 is 24.3 Å². The largest absolute Gasteiger partial charge is 0.493 e. The summed E-state index contributed by atoms with van der Waals surface area (Å²) in [4.78, 5) is 23.9. The van der Waals surface area contributed by atoms with Crippen molar-refractivity contribution in [2.75, 3.05) is 39.0 Å². The fourth-order valence-electron chi connectivity index (χ4n) is 3.60. The number of benzene rings is 1. The lowest BCUT2D eigenvalue weighted by atomic mass is 9.99. The van der Waals surface area contributed by atoms with Gasteiger partial charge in [0.1, 0.15) is 5.56 Å². The van der Waals surface area contributed by atoms with E-state index in [4.69, 9.17) is 14.2 Å². The first-order valence-electron chi connectivity index (χ1n) is 9.94. The molecule has 0 saturated heterocycles. The van der Waals surface area contributed by atoms with Crippen LogP contribution in [0.5, 0.6) is 11.5 Å². The molecule has 0 saturated carbocycles. The first-order chi connectivity index (χ1) is 14.3. The predicted molar refractivity (Wildman–Crippen MR) is 113 cm³/mol. The number of aromatic nitrogens is 1. The third-order valence-corrected chi connectivity index (χ3v) is 4.91. The molecule has 0 unspecified atom stereocenters. The van der Waals surface area contributed by atoms with Crippen molar-refractivity contribution in [1.29, 1.82) is 0 Å². The van der Waals surface area contributed by atoms with Crippen molar-refractivity contribution in [2.24, 2.45) is 5.92 Å². The molecule has 0 fully saturated rings. The lowest BCUT2D eigenvalue weighted by Gasteiger charge is -2.36. The number of pyridine rings is 1. The number of fused-ring (bicyclic) bond motifs is 3. The SMILES string of the molecule is COCCCOc1cc2c(cc1OC)-c1cc(=O)c(C(=O)O)cn1N(CC(C)C)C2. The smallest absolute Gasteiger partial charge is 0.341 e. The highest BCUT2D eigenvalue weighted by molar-refractivity contribution is 5.88. The molecule has 1 aromatic heterocycles. The van der Waals surface area contributed by atoms with E-state index >= 15 is 0 Å². The number of carbonyl (C=O) groups is 1. The van der Waals surface area contributed by atoms with Crippen LogP contribution in [0.3, 0.4) is 0 Å². The zero-order valence-electron chi connectivity index (χ0n) is 17.8. The summed E-state index contributed by atoms with van der Waals surface area (Å²) >= 11 is 0. The Morgan fingerprint density at radius 3 is 2.57 bits per heavy atom. The average Bonchev–Trinajstić information content (AvgIpc) is 2.69. The molecule has 2 aromatic rings.